The van der Waals surface area contributed by atoms with Crippen LogP contribution in [0.4, 0.5) is 4.79 Å². The van der Waals surface area contributed by atoms with Gasteiger partial charge in [-0.1, -0.05) is 36.0 Å². The Balaban J connectivity index is 1.78. The highest BCUT2D eigenvalue weighted by Gasteiger charge is 2.31. The van der Waals surface area contributed by atoms with E-state index < -0.39 is 5.25 Å². The Morgan fingerprint density at radius 3 is 2.75 bits per heavy atom. The molecule has 0 aliphatic carbocycles. The maximum absolute atomic E-state index is 12.4. The van der Waals surface area contributed by atoms with Gasteiger partial charge in [-0.15, -0.1) is 10.2 Å². The molecule has 7 nitrogen and oxygen atoms in total. The maximum Gasteiger partial charge on any atom is 0.324 e. The van der Waals surface area contributed by atoms with E-state index in [1.807, 2.05) is 42.8 Å². The molecule has 1 aromatic carbocycles. The Morgan fingerprint density at radius 1 is 1.33 bits per heavy atom. The van der Waals surface area contributed by atoms with Gasteiger partial charge in [-0.3, -0.25) is 9.69 Å². The van der Waals surface area contributed by atoms with Crippen molar-refractivity contribution < 1.29 is 9.59 Å². The minimum atomic E-state index is -0.415. The van der Waals surface area contributed by atoms with Crippen molar-refractivity contribution in [3.63, 3.8) is 0 Å². The van der Waals surface area contributed by atoms with E-state index in [-0.39, 0.29) is 11.9 Å². The second-order valence-electron chi connectivity index (χ2n) is 5.66. The van der Waals surface area contributed by atoms with Crippen LogP contribution >= 0.6 is 11.8 Å². The van der Waals surface area contributed by atoms with E-state index in [4.69, 9.17) is 0 Å². The van der Waals surface area contributed by atoms with Gasteiger partial charge in [0.05, 0.1) is 5.25 Å². The molecule has 3 rings (SSSR count). The highest BCUT2D eigenvalue weighted by Crippen LogP contribution is 2.28. The first-order chi connectivity index (χ1) is 11.5. The van der Waals surface area contributed by atoms with Crippen LogP contribution in [0.25, 0.3) is 11.4 Å². The molecule has 0 saturated carbocycles. The van der Waals surface area contributed by atoms with Gasteiger partial charge in [-0.25, -0.2) is 4.79 Å². The first-order valence-electron chi connectivity index (χ1n) is 7.70. The lowest BCUT2D eigenvalue weighted by atomic mass is 10.1. The quantitative estimate of drug-likeness (QED) is 0.855. The number of imide groups is 1. The number of aromatic nitrogens is 3. The molecule has 8 heteroatoms. The van der Waals surface area contributed by atoms with Crippen molar-refractivity contribution in [3.05, 3.63) is 29.8 Å². The summed E-state index contributed by atoms with van der Waals surface area (Å²) in [6, 6.07) is 7.63. The SMILES string of the molecule is Cc1ccccc1-c1nnc(S[C@@H](C)C(=O)N2CCNC2=O)n1C. The summed E-state index contributed by atoms with van der Waals surface area (Å²) in [5.41, 5.74) is 2.12. The molecular weight excluding hydrogens is 326 g/mol. The number of rotatable bonds is 4. The van der Waals surface area contributed by atoms with Gasteiger partial charge in [0, 0.05) is 25.7 Å². The molecule has 0 radical (unpaired) electrons. The second kappa shape index (κ2) is 6.64. The molecule has 2 heterocycles. The highest BCUT2D eigenvalue weighted by atomic mass is 32.2. The first-order valence-corrected chi connectivity index (χ1v) is 8.58. The molecule has 1 atom stereocenters. The van der Waals surface area contributed by atoms with E-state index in [2.05, 4.69) is 15.5 Å². The number of thioether (sulfide) groups is 1. The zero-order chi connectivity index (χ0) is 17.3. The van der Waals surface area contributed by atoms with Crippen LogP contribution in [0.5, 0.6) is 0 Å². The third-order valence-corrected chi connectivity index (χ3v) is 5.10. The summed E-state index contributed by atoms with van der Waals surface area (Å²) in [5.74, 6) is 0.546. The van der Waals surface area contributed by atoms with Gasteiger partial charge >= 0.3 is 6.03 Å². The lowest BCUT2D eigenvalue weighted by Crippen LogP contribution is -2.39. The Kier molecular flexibility index (Phi) is 4.57. The van der Waals surface area contributed by atoms with Crippen LogP contribution < -0.4 is 5.32 Å². The lowest BCUT2D eigenvalue weighted by molar-refractivity contribution is -0.126. The summed E-state index contributed by atoms with van der Waals surface area (Å²) in [4.78, 5) is 25.3. The monoisotopic (exact) mass is 345 g/mol. The molecule has 24 heavy (non-hydrogen) atoms. The van der Waals surface area contributed by atoms with Crippen molar-refractivity contribution in [2.45, 2.75) is 24.3 Å². The molecule has 1 saturated heterocycles. The third kappa shape index (κ3) is 3.01. The van der Waals surface area contributed by atoms with Gasteiger partial charge in [-0.2, -0.15) is 0 Å². The maximum atomic E-state index is 12.4. The van der Waals surface area contributed by atoms with E-state index >= 15 is 0 Å². The molecule has 1 aromatic heterocycles. The standard InChI is InChI=1S/C16H19N5O2S/c1-10-6-4-5-7-12(10)13-18-19-16(20(13)3)24-11(2)14(22)21-9-8-17-15(21)23/h4-7,11H,8-9H2,1-3H3,(H,17,23)/t11-/m0/s1. The summed E-state index contributed by atoms with van der Waals surface area (Å²) in [5, 5.41) is 11.3. The van der Waals surface area contributed by atoms with Crippen molar-refractivity contribution in [1.82, 2.24) is 25.0 Å². The van der Waals surface area contributed by atoms with Gasteiger partial charge in [0.15, 0.2) is 11.0 Å². The molecule has 0 unspecified atom stereocenters. The Morgan fingerprint density at radius 2 is 2.08 bits per heavy atom. The number of nitrogens with one attached hydrogen (secondary N) is 1. The van der Waals surface area contributed by atoms with Gasteiger partial charge in [-0.05, 0) is 19.4 Å². The Bertz CT molecular complexity index is 789. The number of benzene rings is 1. The number of carbonyl (C=O) groups is 2. The Hall–Kier alpha value is -2.35. The fourth-order valence-corrected chi connectivity index (χ4v) is 3.46. The smallest absolute Gasteiger partial charge is 0.324 e. The second-order valence-corrected chi connectivity index (χ2v) is 6.97. The van der Waals surface area contributed by atoms with Crippen molar-refractivity contribution in [1.29, 1.82) is 0 Å². The fraction of sp³-hybridized carbons (Fsp3) is 0.375. The van der Waals surface area contributed by atoms with E-state index in [0.29, 0.717) is 18.2 Å². The minimum absolute atomic E-state index is 0.213. The summed E-state index contributed by atoms with van der Waals surface area (Å²) in [7, 11) is 1.88. The van der Waals surface area contributed by atoms with E-state index in [1.54, 1.807) is 6.92 Å². The predicted molar refractivity (Wildman–Crippen MR) is 91.6 cm³/mol. The number of amides is 3. The van der Waals surface area contributed by atoms with Crippen LogP contribution in [0.1, 0.15) is 12.5 Å². The normalized spacial score (nSPS) is 15.5. The van der Waals surface area contributed by atoms with Crippen LogP contribution in [0.3, 0.4) is 0 Å². The minimum Gasteiger partial charge on any atom is -0.336 e. The highest BCUT2D eigenvalue weighted by molar-refractivity contribution is 8.00. The number of hydrogen-bond donors (Lipinski definition) is 1. The van der Waals surface area contributed by atoms with Crippen molar-refractivity contribution >= 4 is 23.7 Å². The average Bonchev–Trinajstić information content (AvgIpc) is 3.14. The predicted octanol–water partition coefficient (Wildman–Crippen LogP) is 1.82. The lowest BCUT2D eigenvalue weighted by Gasteiger charge is -2.17. The number of carbonyl (C=O) groups excluding carboxylic acids is 2. The van der Waals surface area contributed by atoms with Gasteiger partial charge in [0.2, 0.25) is 5.91 Å². The molecule has 1 fully saturated rings. The average molecular weight is 345 g/mol. The van der Waals surface area contributed by atoms with Gasteiger partial charge in [0.25, 0.3) is 0 Å². The zero-order valence-corrected chi connectivity index (χ0v) is 14.6. The van der Waals surface area contributed by atoms with E-state index in [9.17, 15) is 9.59 Å². The fourth-order valence-electron chi connectivity index (χ4n) is 2.59. The molecule has 0 spiro atoms. The third-order valence-electron chi connectivity index (χ3n) is 3.97. The van der Waals surface area contributed by atoms with Gasteiger partial charge < -0.3 is 9.88 Å². The van der Waals surface area contributed by atoms with E-state index in [1.165, 1.54) is 16.7 Å². The van der Waals surface area contributed by atoms with Crippen molar-refractivity contribution in [2.24, 2.45) is 7.05 Å². The Labute approximate surface area is 144 Å². The number of urea groups is 1. The van der Waals surface area contributed by atoms with Gasteiger partial charge in [0.1, 0.15) is 0 Å². The molecule has 1 aliphatic heterocycles. The molecule has 3 amide bonds. The van der Waals surface area contributed by atoms with Crippen LogP contribution in [0.2, 0.25) is 0 Å². The number of nitrogens with zero attached hydrogens (tertiary/aromatic N) is 4. The summed E-state index contributed by atoms with van der Waals surface area (Å²) in [6.45, 7) is 4.72. The first kappa shape index (κ1) is 16.5. The van der Waals surface area contributed by atoms with Crippen molar-refractivity contribution in [2.75, 3.05) is 13.1 Å². The molecule has 126 valence electrons. The van der Waals surface area contributed by atoms with Crippen LogP contribution in [-0.4, -0.2) is 49.9 Å². The van der Waals surface area contributed by atoms with Crippen LogP contribution in [-0.2, 0) is 11.8 Å². The molecular formula is C16H19N5O2S. The molecule has 0 bridgehead atoms. The largest absolute Gasteiger partial charge is 0.336 e. The zero-order valence-electron chi connectivity index (χ0n) is 13.8. The molecule has 2 aromatic rings. The number of aryl methyl sites for hydroxylation is 1. The summed E-state index contributed by atoms with van der Waals surface area (Å²) < 4.78 is 1.88. The number of hydrogen-bond acceptors (Lipinski definition) is 5. The van der Waals surface area contributed by atoms with E-state index in [0.717, 1.165) is 17.0 Å². The van der Waals surface area contributed by atoms with Crippen LogP contribution in [0, 0.1) is 6.92 Å². The summed E-state index contributed by atoms with van der Waals surface area (Å²) in [6.07, 6.45) is 0. The van der Waals surface area contributed by atoms with Crippen LogP contribution in [0.15, 0.2) is 29.4 Å². The molecule has 1 N–H and O–H groups in total. The summed E-state index contributed by atoms with van der Waals surface area (Å²) >= 11 is 1.31. The van der Waals surface area contributed by atoms with Crippen molar-refractivity contribution in [3.8, 4) is 11.4 Å². The molecule has 1 aliphatic rings. The topological polar surface area (TPSA) is 80.1 Å².